The highest BCUT2D eigenvalue weighted by Gasteiger charge is 2.15. The van der Waals surface area contributed by atoms with Crippen molar-refractivity contribution < 1.29 is 14.7 Å². The molecule has 2 N–H and O–H groups in total. The van der Waals surface area contributed by atoms with Gasteiger partial charge >= 0.3 is 5.97 Å². The molecule has 6 heteroatoms. The van der Waals surface area contributed by atoms with Gasteiger partial charge in [-0.2, -0.15) is 0 Å². The van der Waals surface area contributed by atoms with E-state index in [0.29, 0.717) is 16.1 Å². The van der Waals surface area contributed by atoms with Crippen LogP contribution in [0.15, 0.2) is 35.2 Å². The van der Waals surface area contributed by atoms with Crippen LogP contribution in [-0.2, 0) is 0 Å². The molecule has 2 aromatic rings. The number of hydrogen-bond donors (Lipinski definition) is 2. The molecule has 0 unspecified atom stereocenters. The number of aromatic carboxylic acids is 1. The van der Waals surface area contributed by atoms with Crippen molar-refractivity contribution in [2.75, 3.05) is 11.6 Å². The van der Waals surface area contributed by atoms with E-state index in [0.717, 1.165) is 16.2 Å². The van der Waals surface area contributed by atoms with Crippen LogP contribution in [0.4, 0.5) is 5.00 Å². The summed E-state index contributed by atoms with van der Waals surface area (Å²) in [6.45, 7) is 1.71. The molecule has 0 radical (unpaired) electrons. The summed E-state index contributed by atoms with van der Waals surface area (Å²) in [6.07, 6.45) is 1.91. The van der Waals surface area contributed by atoms with E-state index in [4.69, 9.17) is 5.11 Å². The Hall–Kier alpha value is -1.79. The van der Waals surface area contributed by atoms with Gasteiger partial charge in [0.2, 0.25) is 0 Å². The molecule has 1 amide bonds. The minimum absolute atomic E-state index is 0.229. The summed E-state index contributed by atoms with van der Waals surface area (Å²) in [6, 6.07) is 8.98. The average Bonchev–Trinajstić information content (AvgIpc) is 2.79. The Morgan fingerprint density at radius 1 is 1.30 bits per heavy atom. The van der Waals surface area contributed by atoms with Gasteiger partial charge in [-0.1, -0.05) is 12.1 Å². The fourth-order valence-corrected chi connectivity index (χ4v) is 3.27. The van der Waals surface area contributed by atoms with Crippen LogP contribution >= 0.6 is 23.1 Å². The zero-order valence-corrected chi connectivity index (χ0v) is 12.6. The quantitative estimate of drug-likeness (QED) is 0.845. The van der Waals surface area contributed by atoms with E-state index in [-0.39, 0.29) is 10.8 Å². The van der Waals surface area contributed by atoms with Gasteiger partial charge in [0.15, 0.2) is 0 Å². The molecule has 0 bridgehead atoms. The van der Waals surface area contributed by atoms with Crippen molar-refractivity contribution in [1.29, 1.82) is 0 Å². The first-order valence-electron chi connectivity index (χ1n) is 5.81. The summed E-state index contributed by atoms with van der Waals surface area (Å²) in [7, 11) is 0. The highest BCUT2D eigenvalue weighted by molar-refractivity contribution is 7.98. The molecule has 0 saturated carbocycles. The predicted molar refractivity (Wildman–Crippen MR) is 82.2 cm³/mol. The molecule has 0 aliphatic carbocycles. The molecule has 1 aromatic heterocycles. The average molecular weight is 307 g/mol. The van der Waals surface area contributed by atoms with Gasteiger partial charge < -0.3 is 10.4 Å². The lowest BCUT2D eigenvalue weighted by molar-refractivity contribution is 0.0701. The lowest BCUT2D eigenvalue weighted by atomic mass is 10.2. The van der Waals surface area contributed by atoms with E-state index < -0.39 is 5.97 Å². The maximum Gasteiger partial charge on any atom is 0.346 e. The SMILES string of the molecule is CSc1ccccc1C(=O)Nc1cc(C)c(C(=O)O)s1. The van der Waals surface area contributed by atoms with Gasteiger partial charge in [-0.05, 0) is 36.9 Å². The van der Waals surface area contributed by atoms with Crippen molar-refractivity contribution in [3.63, 3.8) is 0 Å². The number of carbonyl (C=O) groups is 2. The van der Waals surface area contributed by atoms with Gasteiger partial charge in [-0.25, -0.2) is 4.79 Å². The molecule has 0 aliphatic rings. The molecule has 1 heterocycles. The second-order valence-corrected chi connectivity index (χ2v) is 5.98. The monoisotopic (exact) mass is 307 g/mol. The zero-order valence-electron chi connectivity index (χ0n) is 11.0. The Balaban J connectivity index is 2.24. The number of rotatable bonds is 4. The fourth-order valence-electron chi connectivity index (χ4n) is 1.77. The molecule has 1 aromatic carbocycles. The zero-order chi connectivity index (χ0) is 14.7. The van der Waals surface area contributed by atoms with Crippen LogP contribution in [-0.4, -0.2) is 23.2 Å². The van der Waals surface area contributed by atoms with Crippen molar-refractivity contribution in [3.8, 4) is 0 Å². The third kappa shape index (κ3) is 3.02. The van der Waals surface area contributed by atoms with E-state index in [2.05, 4.69) is 5.32 Å². The number of thiophene rings is 1. The highest BCUT2D eigenvalue weighted by Crippen LogP contribution is 2.28. The van der Waals surface area contributed by atoms with E-state index in [1.165, 1.54) is 11.8 Å². The van der Waals surface area contributed by atoms with Crippen LogP contribution in [0.2, 0.25) is 0 Å². The van der Waals surface area contributed by atoms with E-state index in [1.54, 1.807) is 25.1 Å². The molecule has 20 heavy (non-hydrogen) atoms. The molecule has 0 atom stereocenters. The van der Waals surface area contributed by atoms with Crippen LogP contribution in [0.1, 0.15) is 25.6 Å². The number of nitrogens with one attached hydrogen (secondary N) is 1. The summed E-state index contributed by atoms with van der Waals surface area (Å²) >= 11 is 2.56. The number of carboxylic acid groups (broad SMARTS) is 1. The van der Waals surface area contributed by atoms with E-state index in [9.17, 15) is 9.59 Å². The first kappa shape index (κ1) is 14.6. The first-order valence-corrected chi connectivity index (χ1v) is 7.85. The smallest absolute Gasteiger partial charge is 0.346 e. The normalized spacial score (nSPS) is 10.3. The number of hydrogen-bond acceptors (Lipinski definition) is 4. The van der Waals surface area contributed by atoms with Crippen LogP contribution in [0.5, 0.6) is 0 Å². The second kappa shape index (κ2) is 6.11. The van der Waals surface area contributed by atoms with Gasteiger partial charge in [0.25, 0.3) is 5.91 Å². The van der Waals surface area contributed by atoms with Crippen molar-refractivity contribution >= 4 is 40.0 Å². The lowest BCUT2D eigenvalue weighted by Crippen LogP contribution is -2.11. The minimum Gasteiger partial charge on any atom is -0.477 e. The third-order valence-corrected chi connectivity index (χ3v) is 4.64. The predicted octanol–water partition coefficient (Wildman–Crippen LogP) is 3.73. The maximum absolute atomic E-state index is 12.2. The highest BCUT2D eigenvalue weighted by atomic mass is 32.2. The van der Waals surface area contributed by atoms with Gasteiger partial charge in [0.1, 0.15) is 4.88 Å². The minimum atomic E-state index is -0.975. The summed E-state index contributed by atoms with van der Waals surface area (Å²) in [5, 5.41) is 12.3. The van der Waals surface area contributed by atoms with Gasteiger partial charge in [-0.3, -0.25) is 4.79 Å². The van der Waals surface area contributed by atoms with Crippen LogP contribution in [0, 0.1) is 6.92 Å². The Kier molecular flexibility index (Phi) is 4.46. The van der Waals surface area contributed by atoms with Crippen molar-refractivity contribution in [2.45, 2.75) is 11.8 Å². The molecule has 0 fully saturated rings. The largest absolute Gasteiger partial charge is 0.477 e. The van der Waals surface area contributed by atoms with E-state index >= 15 is 0 Å². The van der Waals surface area contributed by atoms with Gasteiger partial charge in [0, 0.05) is 4.90 Å². The van der Waals surface area contributed by atoms with Crippen LogP contribution < -0.4 is 5.32 Å². The summed E-state index contributed by atoms with van der Waals surface area (Å²) in [5.74, 6) is -1.20. The Bertz CT molecular complexity index is 664. The first-order chi connectivity index (χ1) is 9.52. The van der Waals surface area contributed by atoms with Crippen LogP contribution in [0.3, 0.4) is 0 Å². The summed E-state index contributed by atoms with van der Waals surface area (Å²) in [4.78, 5) is 24.3. The van der Waals surface area contributed by atoms with Crippen LogP contribution in [0.25, 0.3) is 0 Å². The van der Waals surface area contributed by atoms with Gasteiger partial charge in [0.05, 0.1) is 10.6 Å². The number of anilines is 1. The number of amides is 1. The number of benzene rings is 1. The standard InChI is InChI=1S/C14H13NO3S2/c1-8-7-11(20-12(8)14(17)18)15-13(16)9-5-3-4-6-10(9)19-2/h3-7H,1-2H3,(H,15,16)(H,17,18). The third-order valence-electron chi connectivity index (χ3n) is 2.70. The molecule has 0 saturated heterocycles. The molecule has 2 rings (SSSR count). The van der Waals surface area contributed by atoms with Crippen molar-refractivity contribution in [3.05, 3.63) is 46.3 Å². The number of aryl methyl sites for hydroxylation is 1. The Morgan fingerprint density at radius 2 is 2.00 bits per heavy atom. The molecule has 104 valence electrons. The number of carbonyl (C=O) groups excluding carboxylic acids is 1. The molecule has 0 spiro atoms. The molecular formula is C14H13NO3S2. The lowest BCUT2D eigenvalue weighted by Gasteiger charge is -2.06. The summed E-state index contributed by atoms with van der Waals surface area (Å²) in [5.41, 5.74) is 1.24. The fraction of sp³-hybridized carbons (Fsp3) is 0.143. The molecule has 0 aliphatic heterocycles. The summed E-state index contributed by atoms with van der Waals surface area (Å²) < 4.78 is 0. The van der Waals surface area contributed by atoms with E-state index in [1.807, 2.05) is 18.4 Å². The molecule has 4 nitrogen and oxygen atoms in total. The second-order valence-electron chi connectivity index (χ2n) is 4.08. The van der Waals surface area contributed by atoms with Crippen molar-refractivity contribution in [1.82, 2.24) is 0 Å². The maximum atomic E-state index is 12.2. The Labute approximate surface area is 124 Å². The number of thioether (sulfide) groups is 1. The topological polar surface area (TPSA) is 66.4 Å². The molecular weight excluding hydrogens is 294 g/mol. The van der Waals surface area contributed by atoms with Gasteiger partial charge in [-0.15, -0.1) is 23.1 Å². The Morgan fingerprint density at radius 3 is 2.60 bits per heavy atom. The number of carboxylic acids is 1. The van der Waals surface area contributed by atoms with Crippen molar-refractivity contribution in [2.24, 2.45) is 0 Å².